The molecular formula is C26H28BrN7O3S. The molecule has 0 radical (unpaired) electrons. The van der Waals surface area contributed by atoms with Gasteiger partial charge in [-0.25, -0.2) is 18.5 Å². The SMILES string of the molecule is Nc1c(Br)c(C2CCN(C(=O)CCCS(N)(=O)=O)CC2)nc2c(-c3ccc(-c4ccccc4)nc3)cnn12. The number of piperidine rings is 1. The quantitative estimate of drug-likeness (QED) is 0.330. The number of carbonyl (C=O) groups is 1. The number of hydrogen-bond donors (Lipinski definition) is 2. The lowest BCUT2D eigenvalue weighted by Gasteiger charge is -2.32. The van der Waals surface area contributed by atoms with Gasteiger partial charge >= 0.3 is 0 Å². The third-order valence-electron chi connectivity index (χ3n) is 6.85. The normalized spacial score (nSPS) is 14.7. The maximum atomic E-state index is 12.5. The first kappa shape index (κ1) is 26.3. The van der Waals surface area contributed by atoms with Crippen molar-refractivity contribution < 1.29 is 13.2 Å². The summed E-state index contributed by atoms with van der Waals surface area (Å²) in [6.07, 6.45) is 5.40. The lowest BCUT2D eigenvalue weighted by Crippen LogP contribution is -2.38. The number of sulfonamides is 1. The second-order valence-electron chi connectivity index (χ2n) is 9.41. The molecule has 4 N–H and O–H groups in total. The predicted octanol–water partition coefficient (Wildman–Crippen LogP) is 3.58. The van der Waals surface area contributed by atoms with Crippen molar-refractivity contribution in [3.63, 3.8) is 0 Å². The molecule has 38 heavy (non-hydrogen) atoms. The zero-order valence-electron chi connectivity index (χ0n) is 20.6. The van der Waals surface area contributed by atoms with E-state index in [1.807, 2.05) is 48.7 Å². The summed E-state index contributed by atoms with van der Waals surface area (Å²) in [4.78, 5) is 23.9. The molecular weight excluding hydrogens is 570 g/mol. The van der Waals surface area contributed by atoms with Crippen molar-refractivity contribution in [2.75, 3.05) is 24.6 Å². The molecule has 0 atom stereocenters. The van der Waals surface area contributed by atoms with Gasteiger partial charge in [-0.3, -0.25) is 9.78 Å². The minimum atomic E-state index is -3.56. The molecule has 198 valence electrons. The molecule has 12 heteroatoms. The first-order chi connectivity index (χ1) is 18.2. The highest BCUT2D eigenvalue weighted by atomic mass is 79.9. The van der Waals surface area contributed by atoms with E-state index in [1.54, 1.807) is 15.6 Å². The third-order valence-corrected chi connectivity index (χ3v) is 8.52. The Hall–Kier alpha value is -3.35. The second-order valence-corrected chi connectivity index (χ2v) is 11.9. The van der Waals surface area contributed by atoms with Crippen molar-refractivity contribution in [1.82, 2.24) is 24.5 Å². The van der Waals surface area contributed by atoms with Gasteiger partial charge in [0.25, 0.3) is 0 Å². The molecule has 1 fully saturated rings. The van der Waals surface area contributed by atoms with E-state index in [1.165, 1.54) is 0 Å². The summed E-state index contributed by atoms with van der Waals surface area (Å²) in [6, 6.07) is 14.0. The molecule has 3 aromatic heterocycles. The van der Waals surface area contributed by atoms with Gasteiger partial charge in [-0.1, -0.05) is 36.4 Å². The van der Waals surface area contributed by atoms with Crippen LogP contribution in [0.2, 0.25) is 0 Å². The van der Waals surface area contributed by atoms with E-state index in [0.29, 0.717) is 29.0 Å². The summed E-state index contributed by atoms with van der Waals surface area (Å²) in [6.45, 7) is 1.13. The molecule has 0 saturated carbocycles. The smallest absolute Gasteiger partial charge is 0.222 e. The van der Waals surface area contributed by atoms with Gasteiger partial charge in [-0.2, -0.15) is 9.61 Å². The van der Waals surface area contributed by atoms with Gasteiger partial charge in [0.15, 0.2) is 5.65 Å². The summed E-state index contributed by atoms with van der Waals surface area (Å²) in [5, 5.41) is 9.51. The van der Waals surface area contributed by atoms with Crippen LogP contribution in [0.3, 0.4) is 0 Å². The Balaban J connectivity index is 1.34. The number of nitrogens with zero attached hydrogens (tertiary/aromatic N) is 5. The lowest BCUT2D eigenvalue weighted by atomic mass is 9.93. The van der Waals surface area contributed by atoms with Crippen LogP contribution in [0.5, 0.6) is 0 Å². The number of nitrogens with two attached hydrogens (primary N) is 2. The molecule has 4 heterocycles. The van der Waals surface area contributed by atoms with Crippen LogP contribution in [0.25, 0.3) is 28.0 Å². The number of likely N-dealkylation sites (tertiary alicyclic amines) is 1. The maximum Gasteiger partial charge on any atom is 0.222 e. The fourth-order valence-corrected chi connectivity index (χ4v) is 5.93. The van der Waals surface area contributed by atoms with Crippen LogP contribution >= 0.6 is 15.9 Å². The Morgan fingerprint density at radius 2 is 1.79 bits per heavy atom. The van der Waals surface area contributed by atoms with Gasteiger partial charge < -0.3 is 10.6 Å². The van der Waals surface area contributed by atoms with Crippen molar-refractivity contribution in [2.24, 2.45) is 5.14 Å². The summed E-state index contributed by atoms with van der Waals surface area (Å²) in [7, 11) is -3.56. The molecule has 1 aromatic carbocycles. The third kappa shape index (κ3) is 5.57. The fraction of sp³-hybridized carbons (Fsp3) is 0.308. The van der Waals surface area contributed by atoms with Crippen molar-refractivity contribution in [2.45, 2.75) is 31.6 Å². The van der Waals surface area contributed by atoms with Crippen LogP contribution in [-0.2, 0) is 14.8 Å². The van der Waals surface area contributed by atoms with E-state index in [2.05, 4.69) is 26.0 Å². The van der Waals surface area contributed by atoms with Crippen LogP contribution in [-0.4, -0.2) is 57.6 Å². The monoisotopic (exact) mass is 597 g/mol. The van der Waals surface area contributed by atoms with Crippen LogP contribution in [0.15, 0.2) is 59.3 Å². The highest BCUT2D eigenvalue weighted by Crippen LogP contribution is 2.37. The summed E-state index contributed by atoms with van der Waals surface area (Å²) in [5.74, 6) is 0.320. The second kappa shape index (κ2) is 10.8. The highest BCUT2D eigenvalue weighted by Gasteiger charge is 2.28. The molecule has 0 bridgehead atoms. The fourth-order valence-electron chi connectivity index (χ4n) is 4.81. The Labute approximate surface area is 229 Å². The Bertz CT molecular complexity index is 1570. The van der Waals surface area contributed by atoms with Crippen molar-refractivity contribution in [3.8, 4) is 22.4 Å². The molecule has 1 saturated heterocycles. The van der Waals surface area contributed by atoms with Gasteiger partial charge in [0.2, 0.25) is 15.9 Å². The molecule has 1 aliphatic rings. The average Bonchev–Trinajstić information content (AvgIpc) is 3.35. The van der Waals surface area contributed by atoms with Crippen molar-refractivity contribution in [3.05, 3.63) is 65.0 Å². The van der Waals surface area contributed by atoms with E-state index < -0.39 is 10.0 Å². The maximum absolute atomic E-state index is 12.5. The Kier molecular flexibility index (Phi) is 7.46. The lowest BCUT2D eigenvalue weighted by molar-refractivity contribution is -0.132. The number of benzene rings is 1. The number of rotatable bonds is 7. The molecule has 1 aliphatic heterocycles. The topological polar surface area (TPSA) is 150 Å². The van der Waals surface area contributed by atoms with E-state index in [9.17, 15) is 13.2 Å². The van der Waals surface area contributed by atoms with Crippen molar-refractivity contribution >= 4 is 43.3 Å². The van der Waals surface area contributed by atoms with Crippen LogP contribution in [0, 0.1) is 0 Å². The Morgan fingerprint density at radius 1 is 1.05 bits per heavy atom. The Morgan fingerprint density at radius 3 is 2.45 bits per heavy atom. The molecule has 5 rings (SSSR count). The van der Waals surface area contributed by atoms with Crippen LogP contribution < -0.4 is 10.9 Å². The first-order valence-electron chi connectivity index (χ1n) is 12.3. The molecule has 0 aliphatic carbocycles. The number of primary sulfonamides is 1. The van der Waals surface area contributed by atoms with E-state index in [0.717, 1.165) is 40.9 Å². The van der Waals surface area contributed by atoms with E-state index in [-0.39, 0.29) is 30.4 Å². The largest absolute Gasteiger partial charge is 0.383 e. The molecule has 4 aromatic rings. The number of aromatic nitrogens is 4. The zero-order valence-corrected chi connectivity index (χ0v) is 23.0. The highest BCUT2D eigenvalue weighted by molar-refractivity contribution is 9.10. The minimum Gasteiger partial charge on any atom is -0.383 e. The number of halogens is 1. The average molecular weight is 599 g/mol. The number of amides is 1. The number of hydrogen-bond acceptors (Lipinski definition) is 7. The molecule has 1 amide bonds. The van der Waals surface area contributed by atoms with Gasteiger partial charge in [0, 0.05) is 48.3 Å². The zero-order chi connectivity index (χ0) is 26.9. The first-order valence-corrected chi connectivity index (χ1v) is 14.8. The summed E-state index contributed by atoms with van der Waals surface area (Å²) in [5.41, 5.74) is 11.6. The standard InChI is InChI=1S/C26H28BrN7O3S/c27-23-24(18-10-12-33(13-11-18)22(35)7-4-14-38(29,36)37)32-26-20(16-31-34(26)25(23)28)19-8-9-21(30-15-19)17-5-2-1-3-6-17/h1-3,5-6,8-9,15-16,18H,4,7,10-14,28H2,(H2,29,36,37). The number of anilines is 1. The summed E-state index contributed by atoms with van der Waals surface area (Å²) >= 11 is 3.62. The number of carbonyl (C=O) groups excluding carboxylic acids is 1. The van der Waals surface area contributed by atoms with Gasteiger partial charge in [-0.05, 0) is 41.3 Å². The van der Waals surface area contributed by atoms with Gasteiger partial charge in [0.1, 0.15) is 5.82 Å². The summed E-state index contributed by atoms with van der Waals surface area (Å²) < 4.78 is 24.6. The van der Waals surface area contributed by atoms with Gasteiger partial charge in [0.05, 0.1) is 27.8 Å². The minimum absolute atomic E-state index is 0.0568. The van der Waals surface area contributed by atoms with Gasteiger partial charge in [-0.15, -0.1) is 0 Å². The number of nitrogen functional groups attached to an aromatic ring is 1. The predicted molar refractivity (Wildman–Crippen MR) is 150 cm³/mol. The van der Waals surface area contributed by atoms with Crippen LogP contribution in [0.4, 0.5) is 5.82 Å². The number of fused-ring (bicyclic) bond motifs is 1. The molecule has 0 unspecified atom stereocenters. The molecule has 10 nitrogen and oxygen atoms in total. The van der Waals surface area contributed by atoms with E-state index in [4.69, 9.17) is 15.9 Å². The number of pyridine rings is 1. The van der Waals surface area contributed by atoms with Crippen molar-refractivity contribution in [1.29, 1.82) is 0 Å². The van der Waals surface area contributed by atoms with E-state index >= 15 is 0 Å². The van der Waals surface area contributed by atoms with Crippen LogP contribution in [0.1, 0.15) is 37.3 Å². The molecule has 0 spiro atoms.